The van der Waals surface area contributed by atoms with Gasteiger partial charge in [0.25, 0.3) is 5.91 Å². The standard InChI is InChI=1S/C22H18F3N5O/c1-12-8-14(4-5-17(12)28-21(31)18-6-7-27-30(18)3)20-26-11-15-10-16(22(23,24)25)9-13(2)19(15)29-20/h4-11H,1-3H3,(H,28,31). The SMILES string of the molecule is Cc1cc(-c2ncc3cc(C(F)(F)F)cc(C)c3n2)ccc1NC(=O)c1ccnn1C. The summed E-state index contributed by atoms with van der Waals surface area (Å²) >= 11 is 0. The highest BCUT2D eigenvalue weighted by molar-refractivity contribution is 6.03. The van der Waals surface area contributed by atoms with Crippen LogP contribution < -0.4 is 5.32 Å². The minimum absolute atomic E-state index is 0.283. The van der Waals surface area contributed by atoms with Crippen LogP contribution in [-0.2, 0) is 13.2 Å². The number of fused-ring (bicyclic) bond motifs is 1. The van der Waals surface area contributed by atoms with Crippen molar-refractivity contribution in [2.24, 2.45) is 7.05 Å². The maximum Gasteiger partial charge on any atom is 0.416 e. The van der Waals surface area contributed by atoms with E-state index in [-0.39, 0.29) is 5.91 Å². The van der Waals surface area contributed by atoms with Crippen LogP contribution in [0, 0.1) is 13.8 Å². The van der Waals surface area contributed by atoms with Crippen LogP contribution in [0.4, 0.5) is 18.9 Å². The van der Waals surface area contributed by atoms with E-state index in [0.29, 0.717) is 39.2 Å². The Morgan fingerprint density at radius 3 is 2.48 bits per heavy atom. The monoisotopic (exact) mass is 425 g/mol. The van der Waals surface area contributed by atoms with Crippen LogP contribution in [0.1, 0.15) is 27.2 Å². The summed E-state index contributed by atoms with van der Waals surface area (Å²) in [6.07, 6.45) is -1.49. The molecule has 1 amide bonds. The maximum absolute atomic E-state index is 13.0. The molecule has 0 spiro atoms. The van der Waals surface area contributed by atoms with Gasteiger partial charge in [-0.25, -0.2) is 9.97 Å². The molecular weight excluding hydrogens is 407 g/mol. The number of alkyl halides is 3. The van der Waals surface area contributed by atoms with E-state index in [1.165, 1.54) is 10.9 Å². The van der Waals surface area contributed by atoms with Gasteiger partial charge in [0.2, 0.25) is 0 Å². The van der Waals surface area contributed by atoms with Crippen LogP contribution in [0.3, 0.4) is 0 Å². The maximum atomic E-state index is 13.0. The third-order valence-electron chi connectivity index (χ3n) is 4.99. The number of amides is 1. The molecule has 4 rings (SSSR count). The molecule has 31 heavy (non-hydrogen) atoms. The topological polar surface area (TPSA) is 72.7 Å². The lowest BCUT2D eigenvalue weighted by atomic mass is 10.1. The van der Waals surface area contributed by atoms with Gasteiger partial charge < -0.3 is 5.32 Å². The van der Waals surface area contributed by atoms with E-state index in [1.807, 2.05) is 13.0 Å². The molecule has 6 nitrogen and oxygen atoms in total. The molecule has 9 heteroatoms. The average Bonchev–Trinajstić information content (AvgIpc) is 3.14. The highest BCUT2D eigenvalue weighted by Crippen LogP contribution is 2.33. The summed E-state index contributed by atoms with van der Waals surface area (Å²) in [7, 11) is 1.68. The number of anilines is 1. The third kappa shape index (κ3) is 3.98. The number of carbonyl (C=O) groups excluding carboxylic acids is 1. The highest BCUT2D eigenvalue weighted by atomic mass is 19.4. The van der Waals surface area contributed by atoms with Crippen molar-refractivity contribution in [2.45, 2.75) is 20.0 Å². The number of hydrogen-bond donors (Lipinski definition) is 1. The van der Waals surface area contributed by atoms with E-state index in [1.54, 1.807) is 38.4 Å². The highest BCUT2D eigenvalue weighted by Gasteiger charge is 2.31. The van der Waals surface area contributed by atoms with Gasteiger partial charge in [0.05, 0.1) is 11.1 Å². The van der Waals surface area contributed by atoms with Crippen molar-refractivity contribution >= 4 is 22.5 Å². The van der Waals surface area contributed by atoms with E-state index in [0.717, 1.165) is 17.7 Å². The van der Waals surface area contributed by atoms with E-state index in [2.05, 4.69) is 20.4 Å². The first-order valence-corrected chi connectivity index (χ1v) is 9.38. The number of aromatic nitrogens is 4. The van der Waals surface area contributed by atoms with Crippen molar-refractivity contribution in [1.29, 1.82) is 0 Å². The molecule has 0 bridgehead atoms. The van der Waals surface area contributed by atoms with Crippen LogP contribution in [-0.4, -0.2) is 25.7 Å². The first-order chi connectivity index (χ1) is 14.6. The lowest BCUT2D eigenvalue weighted by molar-refractivity contribution is -0.137. The second-order valence-electron chi connectivity index (χ2n) is 7.25. The zero-order valence-electron chi connectivity index (χ0n) is 16.9. The van der Waals surface area contributed by atoms with Gasteiger partial charge in [-0.2, -0.15) is 18.3 Å². The number of carbonyl (C=O) groups is 1. The lowest BCUT2D eigenvalue weighted by Gasteiger charge is -2.12. The summed E-state index contributed by atoms with van der Waals surface area (Å²) in [5.74, 6) is 0.108. The lowest BCUT2D eigenvalue weighted by Crippen LogP contribution is -2.16. The minimum atomic E-state index is -4.43. The van der Waals surface area contributed by atoms with E-state index >= 15 is 0 Å². The van der Waals surface area contributed by atoms with E-state index in [9.17, 15) is 18.0 Å². The predicted molar refractivity (Wildman–Crippen MR) is 111 cm³/mol. The molecule has 2 aromatic carbocycles. The molecule has 2 aromatic heterocycles. The average molecular weight is 425 g/mol. The van der Waals surface area contributed by atoms with Crippen LogP contribution in [0.5, 0.6) is 0 Å². The van der Waals surface area contributed by atoms with Crippen LogP contribution in [0.25, 0.3) is 22.3 Å². The Hall–Kier alpha value is -3.75. The normalized spacial score (nSPS) is 11.7. The molecule has 0 atom stereocenters. The Bertz CT molecular complexity index is 1310. The zero-order valence-corrected chi connectivity index (χ0v) is 16.9. The second-order valence-corrected chi connectivity index (χ2v) is 7.25. The summed E-state index contributed by atoms with van der Waals surface area (Å²) in [6.45, 7) is 3.43. The molecule has 0 saturated carbocycles. The first kappa shape index (κ1) is 20.5. The van der Waals surface area contributed by atoms with Crippen LogP contribution >= 0.6 is 0 Å². The quantitative estimate of drug-likeness (QED) is 0.506. The van der Waals surface area contributed by atoms with E-state index < -0.39 is 11.7 Å². The van der Waals surface area contributed by atoms with Crippen molar-refractivity contribution in [2.75, 3.05) is 5.32 Å². The van der Waals surface area contributed by atoms with Gasteiger partial charge in [0, 0.05) is 36.1 Å². The molecule has 0 unspecified atom stereocenters. The van der Waals surface area contributed by atoms with Gasteiger partial charge in [0.1, 0.15) is 5.69 Å². The second kappa shape index (κ2) is 7.50. The Morgan fingerprint density at radius 1 is 1.06 bits per heavy atom. The molecule has 0 saturated heterocycles. The van der Waals surface area contributed by atoms with Crippen LogP contribution in [0.15, 0.2) is 48.8 Å². The van der Waals surface area contributed by atoms with Gasteiger partial charge in [-0.05, 0) is 61.4 Å². The van der Waals surface area contributed by atoms with Gasteiger partial charge in [-0.1, -0.05) is 0 Å². The summed E-state index contributed by atoms with van der Waals surface area (Å²) in [5.41, 5.74) is 2.70. The number of rotatable bonds is 3. The molecular formula is C22H18F3N5O. The molecule has 0 aliphatic heterocycles. The fourth-order valence-corrected chi connectivity index (χ4v) is 3.35. The van der Waals surface area contributed by atoms with Gasteiger partial charge in [-0.3, -0.25) is 9.48 Å². The number of halogens is 3. The molecule has 0 aliphatic rings. The van der Waals surface area contributed by atoms with Gasteiger partial charge >= 0.3 is 6.18 Å². The molecule has 4 aromatic rings. The minimum Gasteiger partial charge on any atom is -0.320 e. The van der Waals surface area contributed by atoms with Crippen molar-refractivity contribution < 1.29 is 18.0 Å². The molecule has 2 heterocycles. The summed E-state index contributed by atoms with van der Waals surface area (Å²) < 4.78 is 40.6. The fourth-order valence-electron chi connectivity index (χ4n) is 3.35. The fraction of sp³-hybridized carbons (Fsp3) is 0.182. The Balaban J connectivity index is 1.65. The van der Waals surface area contributed by atoms with Crippen molar-refractivity contribution in [3.63, 3.8) is 0 Å². The zero-order chi connectivity index (χ0) is 22.3. The van der Waals surface area contributed by atoms with E-state index in [4.69, 9.17) is 0 Å². The molecule has 0 radical (unpaired) electrons. The van der Waals surface area contributed by atoms with Crippen LogP contribution in [0.2, 0.25) is 0 Å². The van der Waals surface area contributed by atoms with Crippen molar-refractivity contribution in [1.82, 2.24) is 19.7 Å². The molecule has 158 valence electrons. The Labute approximate surface area is 175 Å². The molecule has 1 N–H and O–H groups in total. The number of nitrogens with one attached hydrogen (secondary N) is 1. The third-order valence-corrected chi connectivity index (χ3v) is 4.99. The Kier molecular flexibility index (Phi) is 4.96. The molecule has 0 aliphatic carbocycles. The van der Waals surface area contributed by atoms with Gasteiger partial charge in [-0.15, -0.1) is 0 Å². The summed E-state index contributed by atoms with van der Waals surface area (Å²) in [6, 6.07) is 9.07. The number of hydrogen-bond acceptors (Lipinski definition) is 4. The Morgan fingerprint density at radius 2 is 1.84 bits per heavy atom. The van der Waals surface area contributed by atoms with Crippen molar-refractivity contribution in [3.8, 4) is 11.4 Å². The smallest absolute Gasteiger partial charge is 0.320 e. The largest absolute Gasteiger partial charge is 0.416 e. The number of nitrogens with zero attached hydrogens (tertiary/aromatic N) is 4. The molecule has 0 fully saturated rings. The number of benzene rings is 2. The summed E-state index contributed by atoms with van der Waals surface area (Å²) in [5, 5.41) is 7.15. The predicted octanol–water partition coefficient (Wildman–Crippen LogP) is 4.92. The first-order valence-electron chi connectivity index (χ1n) is 9.38. The van der Waals surface area contributed by atoms with Crippen molar-refractivity contribution in [3.05, 3.63) is 71.2 Å². The number of aryl methyl sites for hydroxylation is 3. The summed E-state index contributed by atoms with van der Waals surface area (Å²) in [4.78, 5) is 21.1. The van der Waals surface area contributed by atoms with Gasteiger partial charge in [0.15, 0.2) is 5.82 Å².